The molecule has 1 aliphatic heterocycles. The normalized spacial score (nSPS) is 35.4. The molecule has 0 bridgehead atoms. The number of nitrogens with zero attached hydrogens (tertiary/aromatic N) is 1. The largest absolute Gasteiger partial charge is 0.262 e. The van der Waals surface area contributed by atoms with E-state index in [2.05, 4.69) is 31.5 Å². The molecule has 1 rings (SSSR count). The predicted octanol–water partition coefficient (Wildman–Crippen LogP) is 3.58. The topological polar surface area (TPSA) is 12.4 Å². The zero-order valence-electron chi connectivity index (χ0n) is 8.66. The lowest BCUT2D eigenvalue weighted by molar-refractivity contribution is 0.363. The third-order valence-electron chi connectivity index (χ3n) is 2.80. The maximum Gasteiger partial charge on any atom is 0.0334 e. The Balaban J connectivity index is 2.63. The summed E-state index contributed by atoms with van der Waals surface area (Å²) in [6.07, 6.45) is 9.54. The van der Waals surface area contributed by atoms with Crippen LogP contribution in [-0.4, -0.2) is 6.21 Å². The fourth-order valence-electron chi connectivity index (χ4n) is 1.57. The third-order valence-corrected chi connectivity index (χ3v) is 2.80. The van der Waals surface area contributed by atoms with Crippen LogP contribution in [0.25, 0.3) is 0 Å². The van der Waals surface area contributed by atoms with Crippen LogP contribution in [0.5, 0.6) is 0 Å². The fraction of sp³-hybridized carbons (Fsp3) is 0.583. The van der Waals surface area contributed by atoms with Crippen molar-refractivity contribution in [3.8, 4) is 0 Å². The smallest absolute Gasteiger partial charge is 0.0334 e. The molecule has 0 aromatic carbocycles. The molecule has 0 fully saturated rings. The molecule has 0 aromatic heterocycles. The van der Waals surface area contributed by atoms with E-state index >= 15 is 0 Å². The minimum atomic E-state index is 0.705. The number of rotatable bonds is 0. The zero-order chi connectivity index (χ0) is 9.68. The first-order valence-corrected chi connectivity index (χ1v) is 5.07. The molecule has 1 nitrogen and oxygen atoms in total. The summed E-state index contributed by atoms with van der Waals surface area (Å²) in [6.45, 7) is 8.55. The van der Waals surface area contributed by atoms with Gasteiger partial charge < -0.3 is 0 Å². The summed E-state index contributed by atoms with van der Waals surface area (Å²) in [5.74, 6) is 1.48. The number of aliphatic imine (C=N–C) groups is 1. The molecule has 0 aromatic rings. The molecule has 1 heterocycles. The Morgan fingerprint density at radius 3 is 2.92 bits per heavy atom. The summed E-state index contributed by atoms with van der Waals surface area (Å²) in [7, 11) is 0. The lowest BCUT2D eigenvalue weighted by atomic mass is 9.88. The van der Waals surface area contributed by atoms with Crippen LogP contribution in [0.15, 0.2) is 29.4 Å². The van der Waals surface area contributed by atoms with Crippen molar-refractivity contribution in [2.75, 3.05) is 0 Å². The van der Waals surface area contributed by atoms with Crippen LogP contribution in [0.4, 0.5) is 0 Å². The van der Waals surface area contributed by atoms with E-state index < -0.39 is 0 Å². The molecule has 0 radical (unpaired) electrons. The van der Waals surface area contributed by atoms with Crippen LogP contribution < -0.4 is 0 Å². The van der Waals surface area contributed by atoms with Crippen molar-refractivity contribution >= 4 is 6.21 Å². The van der Waals surface area contributed by atoms with Gasteiger partial charge in [0.05, 0.1) is 0 Å². The first-order chi connectivity index (χ1) is 6.20. The van der Waals surface area contributed by atoms with Gasteiger partial charge in [0.2, 0.25) is 0 Å². The van der Waals surface area contributed by atoms with E-state index in [-0.39, 0.29) is 0 Å². The summed E-state index contributed by atoms with van der Waals surface area (Å²) < 4.78 is 0. The van der Waals surface area contributed by atoms with Gasteiger partial charge in [-0.3, -0.25) is 4.99 Å². The van der Waals surface area contributed by atoms with Crippen molar-refractivity contribution < 1.29 is 0 Å². The average molecular weight is 177 g/mol. The molecule has 2 unspecified atom stereocenters. The summed E-state index contributed by atoms with van der Waals surface area (Å²) in [5.41, 5.74) is 1.01. The summed E-state index contributed by atoms with van der Waals surface area (Å²) in [5, 5.41) is 0. The highest BCUT2D eigenvalue weighted by Crippen LogP contribution is 2.23. The van der Waals surface area contributed by atoms with Gasteiger partial charge in [-0.1, -0.05) is 26.5 Å². The van der Waals surface area contributed by atoms with Crippen LogP contribution >= 0.6 is 0 Å². The van der Waals surface area contributed by atoms with Crippen LogP contribution in [0, 0.1) is 11.8 Å². The van der Waals surface area contributed by atoms with Crippen LogP contribution in [0.2, 0.25) is 0 Å². The summed E-state index contributed by atoms with van der Waals surface area (Å²) in [6, 6.07) is 0. The highest BCUT2D eigenvalue weighted by atomic mass is 14.7. The van der Waals surface area contributed by atoms with Gasteiger partial charge in [-0.25, -0.2) is 0 Å². The van der Waals surface area contributed by atoms with Crippen molar-refractivity contribution in [1.82, 2.24) is 0 Å². The van der Waals surface area contributed by atoms with E-state index in [1.807, 2.05) is 12.3 Å². The van der Waals surface area contributed by atoms with E-state index in [9.17, 15) is 0 Å². The molecule has 0 aliphatic carbocycles. The van der Waals surface area contributed by atoms with Gasteiger partial charge in [0.1, 0.15) is 0 Å². The molecule has 1 heteroatoms. The average Bonchev–Trinajstić information content (AvgIpc) is 2.09. The molecule has 0 amide bonds. The van der Waals surface area contributed by atoms with Crippen LogP contribution in [-0.2, 0) is 0 Å². The molecular weight excluding hydrogens is 158 g/mol. The monoisotopic (exact) mass is 177 g/mol. The molecule has 0 saturated heterocycles. The zero-order valence-corrected chi connectivity index (χ0v) is 8.66. The molecule has 2 atom stereocenters. The van der Waals surface area contributed by atoms with Gasteiger partial charge in [0.25, 0.3) is 0 Å². The highest BCUT2D eigenvalue weighted by molar-refractivity contribution is 5.71. The maximum absolute atomic E-state index is 4.26. The second-order valence-corrected chi connectivity index (χ2v) is 4.01. The second-order valence-electron chi connectivity index (χ2n) is 4.01. The van der Waals surface area contributed by atoms with Gasteiger partial charge in [-0.2, -0.15) is 0 Å². The SMILES string of the molecule is C=C1CC(C)C(C)CC/C=C\C=N/1. The van der Waals surface area contributed by atoms with E-state index in [0.717, 1.165) is 18.0 Å². The standard InChI is InChI=1S/C12H19N/c1-10-7-5-4-6-8-13-12(3)9-11(10)2/h4,6,8,10-11H,3,5,7,9H2,1-2H3/b6-4-,13-8-. The Kier molecular flexibility index (Phi) is 3.94. The van der Waals surface area contributed by atoms with Gasteiger partial charge in [-0.15, -0.1) is 0 Å². The van der Waals surface area contributed by atoms with Crippen molar-refractivity contribution in [2.45, 2.75) is 33.1 Å². The first-order valence-electron chi connectivity index (χ1n) is 5.07. The second kappa shape index (κ2) is 5.00. The van der Waals surface area contributed by atoms with Crippen molar-refractivity contribution in [1.29, 1.82) is 0 Å². The molecule has 13 heavy (non-hydrogen) atoms. The molecule has 0 spiro atoms. The molecule has 1 aliphatic rings. The van der Waals surface area contributed by atoms with Crippen molar-refractivity contribution in [3.05, 3.63) is 24.4 Å². The Labute approximate surface area is 81.3 Å². The van der Waals surface area contributed by atoms with Crippen molar-refractivity contribution in [3.63, 3.8) is 0 Å². The van der Waals surface area contributed by atoms with Crippen LogP contribution in [0.1, 0.15) is 33.1 Å². The van der Waals surface area contributed by atoms with Crippen molar-refractivity contribution in [2.24, 2.45) is 16.8 Å². The predicted molar refractivity (Wildman–Crippen MR) is 59.0 cm³/mol. The van der Waals surface area contributed by atoms with E-state index in [1.165, 1.54) is 12.8 Å². The lowest BCUT2D eigenvalue weighted by Gasteiger charge is -2.19. The van der Waals surface area contributed by atoms with E-state index in [4.69, 9.17) is 0 Å². The van der Waals surface area contributed by atoms with E-state index in [0.29, 0.717) is 5.92 Å². The Bertz CT molecular complexity index is 225. The number of hydrogen-bond acceptors (Lipinski definition) is 1. The molecule has 72 valence electrons. The number of allylic oxidation sites excluding steroid dienone is 3. The molecule has 0 N–H and O–H groups in total. The first kappa shape index (κ1) is 10.2. The molecule has 0 saturated carbocycles. The summed E-state index contributed by atoms with van der Waals surface area (Å²) >= 11 is 0. The van der Waals surface area contributed by atoms with Gasteiger partial charge in [0.15, 0.2) is 0 Å². The van der Waals surface area contributed by atoms with Gasteiger partial charge in [0, 0.05) is 11.9 Å². The molecular formula is C12H19N. The Hall–Kier alpha value is -0.850. The van der Waals surface area contributed by atoms with E-state index in [1.54, 1.807) is 0 Å². The minimum Gasteiger partial charge on any atom is -0.262 e. The minimum absolute atomic E-state index is 0.705. The Morgan fingerprint density at radius 2 is 2.15 bits per heavy atom. The number of hydrogen-bond donors (Lipinski definition) is 0. The van der Waals surface area contributed by atoms with Gasteiger partial charge in [-0.05, 0) is 37.2 Å². The third kappa shape index (κ3) is 3.58. The van der Waals surface area contributed by atoms with Gasteiger partial charge >= 0.3 is 0 Å². The lowest BCUT2D eigenvalue weighted by Crippen LogP contribution is -2.08. The quantitative estimate of drug-likeness (QED) is 0.536. The maximum atomic E-state index is 4.26. The van der Waals surface area contributed by atoms with Crippen LogP contribution in [0.3, 0.4) is 0 Å². The fourth-order valence-corrected chi connectivity index (χ4v) is 1.57. The highest BCUT2D eigenvalue weighted by Gasteiger charge is 2.12. The Morgan fingerprint density at radius 1 is 1.38 bits per heavy atom. The summed E-state index contributed by atoms with van der Waals surface area (Å²) in [4.78, 5) is 4.26.